The lowest BCUT2D eigenvalue weighted by atomic mass is 10.2. The summed E-state index contributed by atoms with van der Waals surface area (Å²) in [6, 6.07) is 10.5. The summed E-state index contributed by atoms with van der Waals surface area (Å²) in [7, 11) is 0. The SMILES string of the molecule is CC(=O)NCc1ccc(C(=O)N2CCN(C(=O)c3ccc(Cl)cc3)CC2)s1. The molecule has 1 aromatic carbocycles. The highest BCUT2D eigenvalue weighted by molar-refractivity contribution is 7.14. The molecule has 0 aliphatic carbocycles. The molecule has 2 heterocycles. The van der Waals surface area contributed by atoms with E-state index >= 15 is 0 Å². The second-order valence-electron chi connectivity index (χ2n) is 6.27. The lowest BCUT2D eigenvalue weighted by molar-refractivity contribution is -0.119. The molecule has 0 bridgehead atoms. The van der Waals surface area contributed by atoms with Crippen LogP contribution in [0.5, 0.6) is 0 Å². The highest BCUT2D eigenvalue weighted by Gasteiger charge is 2.26. The van der Waals surface area contributed by atoms with Gasteiger partial charge in [-0.15, -0.1) is 11.3 Å². The Morgan fingerprint density at radius 3 is 2.15 bits per heavy atom. The topological polar surface area (TPSA) is 69.7 Å². The van der Waals surface area contributed by atoms with E-state index in [1.165, 1.54) is 18.3 Å². The first kappa shape index (κ1) is 19.4. The summed E-state index contributed by atoms with van der Waals surface area (Å²) >= 11 is 7.25. The van der Waals surface area contributed by atoms with Gasteiger partial charge in [-0.2, -0.15) is 0 Å². The lowest BCUT2D eigenvalue weighted by Gasteiger charge is -2.34. The molecule has 27 heavy (non-hydrogen) atoms. The van der Waals surface area contributed by atoms with Gasteiger partial charge in [-0.25, -0.2) is 0 Å². The van der Waals surface area contributed by atoms with Gasteiger partial charge in [0.2, 0.25) is 5.91 Å². The zero-order valence-electron chi connectivity index (χ0n) is 14.9. The summed E-state index contributed by atoms with van der Waals surface area (Å²) in [5, 5.41) is 3.32. The zero-order valence-corrected chi connectivity index (χ0v) is 16.5. The number of amides is 3. The summed E-state index contributed by atoms with van der Waals surface area (Å²) in [5.74, 6) is -0.182. The Kier molecular flexibility index (Phi) is 6.13. The van der Waals surface area contributed by atoms with E-state index in [0.29, 0.717) is 48.2 Å². The van der Waals surface area contributed by atoms with Gasteiger partial charge < -0.3 is 15.1 Å². The van der Waals surface area contributed by atoms with Crippen LogP contribution < -0.4 is 5.32 Å². The van der Waals surface area contributed by atoms with E-state index in [4.69, 9.17) is 11.6 Å². The molecule has 6 nitrogen and oxygen atoms in total. The number of rotatable bonds is 4. The summed E-state index contributed by atoms with van der Waals surface area (Å²) in [6.45, 7) is 3.88. The third kappa shape index (κ3) is 4.87. The van der Waals surface area contributed by atoms with Crippen molar-refractivity contribution in [3.63, 3.8) is 0 Å². The fourth-order valence-corrected chi connectivity index (χ4v) is 3.88. The minimum Gasteiger partial charge on any atom is -0.351 e. The van der Waals surface area contributed by atoms with Gasteiger partial charge in [0.1, 0.15) is 0 Å². The zero-order chi connectivity index (χ0) is 19.4. The second kappa shape index (κ2) is 8.54. The van der Waals surface area contributed by atoms with Crippen LogP contribution in [-0.2, 0) is 11.3 Å². The standard InChI is InChI=1S/C19H20ClN3O3S/c1-13(24)21-12-16-6-7-17(27-16)19(26)23-10-8-22(9-11-23)18(25)14-2-4-15(20)5-3-14/h2-7H,8-12H2,1H3,(H,21,24). The van der Waals surface area contributed by atoms with Gasteiger partial charge >= 0.3 is 0 Å². The average molecular weight is 406 g/mol. The van der Waals surface area contributed by atoms with Crippen molar-refractivity contribution in [2.24, 2.45) is 0 Å². The smallest absolute Gasteiger partial charge is 0.264 e. The molecule has 1 saturated heterocycles. The molecule has 1 fully saturated rings. The van der Waals surface area contributed by atoms with Crippen molar-refractivity contribution in [1.29, 1.82) is 0 Å². The van der Waals surface area contributed by atoms with Crippen LogP contribution in [0.3, 0.4) is 0 Å². The summed E-state index contributed by atoms with van der Waals surface area (Å²) in [5.41, 5.74) is 0.597. The number of carbonyl (C=O) groups is 3. The van der Waals surface area contributed by atoms with E-state index in [1.54, 1.807) is 40.1 Å². The largest absolute Gasteiger partial charge is 0.351 e. The van der Waals surface area contributed by atoms with Crippen LogP contribution in [-0.4, -0.2) is 53.7 Å². The molecule has 3 amide bonds. The summed E-state index contributed by atoms with van der Waals surface area (Å²) in [6.07, 6.45) is 0. The van der Waals surface area contributed by atoms with Crippen molar-refractivity contribution in [2.45, 2.75) is 13.5 Å². The minimum atomic E-state index is -0.0993. The van der Waals surface area contributed by atoms with Crippen LogP contribution in [0.4, 0.5) is 0 Å². The highest BCUT2D eigenvalue weighted by atomic mass is 35.5. The molecule has 1 aliphatic heterocycles. The van der Waals surface area contributed by atoms with Gasteiger partial charge in [-0.05, 0) is 36.4 Å². The number of piperazine rings is 1. The Morgan fingerprint density at radius 2 is 1.56 bits per heavy atom. The van der Waals surface area contributed by atoms with Crippen molar-refractivity contribution in [3.8, 4) is 0 Å². The van der Waals surface area contributed by atoms with Crippen LogP contribution in [0.15, 0.2) is 36.4 Å². The number of nitrogens with one attached hydrogen (secondary N) is 1. The molecule has 0 radical (unpaired) electrons. The lowest BCUT2D eigenvalue weighted by Crippen LogP contribution is -2.50. The maximum absolute atomic E-state index is 12.7. The Balaban J connectivity index is 1.55. The third-order valence-corrected chi connectivity index (χ3v) is 5.65. The van der Waals surface area contributed by atoms with Crippen molar-refractivity contribution >= 4 is 40.7 Å². The van der Waals surface area contributed by atoms with E-state index in [2.05, 4.69) is 5.32 Å². The van der Waals surface area contributed by atoms with Crippen LogP contribution in [0, 0.1) is 0 Å². The van der Waals surface area contributed by atoms with Gasteiger partial charge in [-0.3, -0.25) is 14.4 Å². The number of carbonyl (C=O) groups excluding carboxylic acids is 3. The molecule has 0 saturated carbocycles. The van der Waals surface area contributed by atoms with E-state index in [-0.39, 0.29) is 17.7 Å². The van der Waals surface area contributed by atoms with Crippen molar-refractivity contribution < 1.29 is 14.4 Å². The summed E-state index contributed by atoms with van der Waals surface area (Å²) < 4.78 is 0. The molecule has 1 aliphatic rings. The molecular formula is C19H20ClN3O3S. The van der Waals surface area contributed by atoms with Crippen LogP contribution >= 0.6 is 22.9 Å². The maximum atomic E-state index is 12.7. The van der Waals surface area contributed by atoms with Crippen molar-refractivity contribution in [2.75, 3.05) is 26.2 Å². The molecular weight excluding hydrogens is 386 g/mol. The Morgan fingerprint density at radius 1 is 0.963 bits per heavy atom. The van der Waals surface area contributed by atoms with Crippen LogP contribution in [0.2, 0.25) is 5.02 Å². The number of thiophene rings is 1. The molecule has 3 rings (SSSR count). The number of hydrogen-bond acceptors (Lipinski definition) is 4. The quantitative estimate of drug-likeness (QED) is 0.850. The summed E-state index contributed by atoms with van der Waals surface area (Å²) in [4.78, 5) is 41.3. The molecule has 0 atom stereocenters. The highest BCUT2D eigenvalue weighted by Crippen LogP contribution is 2.20. The minimum absolute atomic E-state index is 0.0346. The fraction of sp³-hybridized carbons (Fsp3) is 0.316. The average Bonchev–Trinajstić information content (AvgIpc) is 3.15. The van der Waals surface area contributed by atoms with Crippen LogP contribution in [0.1, 0.15) is 31.8 Å². The molecule has 142 valence electrons. The third-order valence-electron chi connectivity index (χ3n) is 4.33. The van der Waals surface area contributed by atoms with Crippen LogP contribution in [0.25, 0.3) is 0 Å². The number of halogens is 1. The molecule has 0 spiro atoms. The normalized spacial score (nSPS) is 14.1. The van der Waals surface area contributed by atoms with Gasteiger partial charge in [0.25, 0.3) is 11.8 Å². The molecule has 8 heteroatoms. The Labute approximate surface area is 166 Å². The molecule has 2 aromatic rings. The first-order valence-corrected chi connectivity index (χ1v) is 9.81. The van der Waals surface area contributed by atoms with E-state index in [9.17, 15) is 14.4 Å². The van der Waals surface area contributed by atoms with Crippen molar-refractivity contribution in [1.82, 2.24) is 15.1 Å². The maximum Gasteiger partial charge on any atom is 0.264 e. The Hall–Kier alpha value is -2.38. The van der Waals surface area contributed by atoms with Gasteiger partial charge in [0, 0.05) is 48.6 Å². The van der Waals surface area contributed by atoms with E-state index in [0.717, 1.165) is 4.88 Å². The first-order valence-electron chi connectivity index (χ1n) is 8.61. The molecule has 1 N–H and O–H groups in total. The number of hydrogen-bond donors (Lipinski definition) is 1. The molecule has 1 aromatic heterocycles. The monoisotopic (exact) mass is 405 g/mol. The number of nitrogens with zero attached hydrogens (tertiary/aromatic N) is 2. The predicted molar refractivity (Wildman–Crippen MR) is 105 cm³/mol. The fourth-order valence-electron chi connectivity index (χ4n) is 2.84. The first-order chi connectivity index (χ1) is 12.9. The van der Waals surface area contributed by atoms with E-state index < -0.39 is 0 Å². The van der Waals surface area contributed by atoms with Crippen molar-refractivity contribution in [3.05, 3.63) is 56.7 Å². The predicted octanol–water partition coefficient (Wildman–Crippen LogP) is 2.64. The van der Waals surface area contributed by atoms with Gasteiger partial charge in [0.15, 0.2) is 0 Å². The van der Waals surface area contributed by atoms with Gasteiger partial charge in [0.05, 0.1) is 11.4 Å². The van der Waals surface area contributed by atoms with E-state index in [1.807, 2.05) is 6.07 Å². The molecule has 0 unspecified atom stereocenters. The second-order valence-corrected chi connectivity index (χ2v) is 7.87. The number of benzene rings is 1. The Bertz CT molecular complexity index is 842. The van der Waals surface area contributed by atoms with Gasteiger partial charge in [-0.1, -0.05) is 11.6 Å².